The predicted molar refractivity (Wildman–Crippen MR) is 176 cm³/mol. The molecule has 1 aromatic heterocycles. The van der Waals surface area contributed by atoms with Crippen LogP contribution in [0, 0.1) is 0 Å². The van der Waals surface area contributed by atoms with E-state index in [1.807, 2.05) is 115 Å². The number of benzene rings is 2. The van der Waals surface area contributed by atoms with E-state index in [4.69, 9.17) is 11.6 Å². The number of hydrogen-bond acceptors (Lipinski definition) is 5. The number of aliphatic hydroxyl groups is 2. The van der Waals surface area contributed by atoms with Gasteiger partial charge in [0.2, 0.25) is 0 Å². The fraction of sp³-hybridized carbons (Fsp3) is 0.441. The highest BCUT2D eigenvalue weighted by Gasteiger charge is 2.33. The molecule has 0 bridgehead atoms. The van der Waals surface area contributed by atoms with Gasteiger partial charge in [-0.2, -0.15) is 0 Å². The maximum atomic E-state index is 12.3. The molecule has 2 aromatic carbocycles. The zero-order valence-electron chi connectivity index (χ0n) is 26.8. The molecule has 0 saturated carbocycles. The fourth-order valence-corrected chi connectivity index (χ4v) is 3.61. The molecule has 0 aliphatic rings. The molecule has 0 spiro atoms. The Hall–Kier alpha value is -3.26. The summed E-state index contributed by atoms with van der Waals surface area (Å²) in [5.41, 5.74) is 2.89. The smallest absolute Gasteiger partial charge is 0.254 e. The molecule has 0 aliphatic carbocycles. The highest BCUT2D eigenvalue weighted by atomic mass is 35.5. The molecule has 234 valence electrons. The highest BCUT2D eigenvalue weighted by Crippen LogP contribution is 2.21. The van der Waals surface area contributed by atoms with Gasteiger partial charge in [0.15, 0.2) is 12.2 Å². The number of nitrogens with one attached hydrogen (secondary N) is 1. The number of nitrogens with zero attached hydrogens (tertiary/aromatic N) is 2. The van der Waals surface area contributed by atoms with Gasteiger partial charge in [-0.05, 0) is 61.2 Å². The molecule has 0 radical (unpaired) electrons. The van der Waals surface area contributed by atoms with Gasteiger partial charge in [-0.1, -0.05) is 103 Å². The quantitative estimate of drug-likeness (QED) is 0.238. The molecular formula is C34H52ClN3O4. The van der Waals surface area contributed by atoms with E-state index >= 15 is 0 Å². The third-order valence-corrected chi connectivity index (χ3v) is 5.78. The second-order valence-corrected chi connectivity index (χ2v) is 8.63. The van der Waals surface area contributed by atoms with Crippen molar-refractivity contribution >= 4 is 23.4 Å². The number of carbonyl (C=O) groups excluding carboxylic acids is 2. The Labute approximate surface area is 259 Å². The molecule has 0 saturated heterocycles. The summed E-state index contributed by atoms with van der Waals surface area (Å²) >= 11 is 5.54. The van der Waals surface area contributed by atoms with Crippen molar-refractivity contribution in [2.75, 3.05) is 13.1 Å². The van der Waals surface area contributed by atoms with E-state index in [2.05, 4.69) is 10.3 Å². The first-order valence-corrected chi connectivity index (χ1v) is 15.3. The lowest BCUT2D eigenvalue weighted by Gasteiger charge is -2.26. The molecule has 3 rings (SSSR count). The van der Waals surface area contributed by atoms with E-state index in [0.717, 1.165) is 28.1 Å². The van der Waals surface area contributed by atoms with Crippen molar-refractivity contribution in [1.29, 1.82) is 0 Å². The maximum absolute atomic E-state index is 12.3. The number of halogens is 1. The van der Waals surface area contributed by atoms with Gasteiger partial charge in [-0.15, -0.1) is 0 Å². The molecule has 42 heavy (non-hydrogen) atoms. The highest BCUT2D eigenvalue weighted by molar-refractivity contribution is 6.30. The number of pyridine rings is 1. The van der Waals surface area contributed by atoms with Crippen molar-refractivity contribution in [2.45, 2.75) is 87.0 Å². The van der Waals surface area contributed by atoms with E-state index in [-0.39, 0.29) is 0 Å². The molecule has 7 nitrogen and oxygen atoms in total. The molecule has 3 aromatic rings. The summed E-state index contributed by atoms with van der Waals surface area (Å²) in [7, 11) is 0. The summed E-state index contributed by atoms with van der Waals surface area (Å²) in [4.78, 5) is 30.0. The van der Waals surface area contributed by atoms with Crippen LogP contribution in [0.2, 0.25) is 5.02 Å². The van der Waals surface area contributed by atoms with E-state index in [9.17, 15) is 19.8 Å². The molecule has 2 amide bonds. The monoisotopic (exact) mass is 601 g/mol. The number of hydrogen-bond donors (Lipinski definition) is 3. The van der Waals surface area contributed by atoms with Gasteiger partial charge >= 0.3 is 0 Å². The molecule has 8 heteroatoms. The average molecular weight is 602 g/mol. The summed E-state index contributed by atoms with van der Waals surface area (Å²) in [6.07, 6.45) is 0.552. The van der Waals surface area contributed by atoms with Crippen LogP contribution in [-0.4, -0.2) is 57.2 Å². The van der Waals surface area contributed by atoms with Crippen molar-refractivity contribution < 1.29 is 19.8 Å². The third-order valence-electron chi connectivity index (χ3n) is 5.52. The first-order valence-electron chi connectivity index (χ1n) is 14.9. The summed E-state index contributed by atoms with van der Waals surface area (Å²) in [5.74, 6) is -1.43. The topological polar surface area (TPSA) is 103 Å². The van der Waals surface area contributed by atoms with E-state index < -0.39 is 30.1 Å². The molecule has 1 heterocycles. The van der Waals surface area contributed by atoms with Crippen molar-refractivity contribution in [3.05, 3.63) is 89.7 Å². The minimum absolute atomic E-state index is 0.399. The Morgan fingerprint density at radius 2 is 1.31 bits per heavy atom. The Bertz CT molecular complexity index is 1070. The SMILES string of the molecule is CC.CC.CC.CCCN(CC)C(=O)C(O)C(O)C(=O)NC(C)c1ccc(-c2ccncc2)cc1.Clc1ccccc1. The minimum Gasteiger partial charge on any atom is -0.380 e. The van der Waals surface area contributed by atoms with Gasteiger partial charge < -0.3 is 20.4 Å². The standard InChI is InChI=1S/C22H29N3O4.C6H5Cl.3C2H6/c1-4-14-25(5-2)22(29)20(27)19(26)21(28)24-15(3)16-6-8-17(9-7-16)18-10-12-23-13-11-18;7-6-4-2-1-3-5-6;3*1-2/h6-13,15,19-20,26-27H,4-5,14H2,1-3H3,(H,24,28);1-5H;3*1-2H3. The van der Waals surface area contributed by atoms with Crippen LogP contribution in [0.25, 0.3) is 11.1 Å². The van der Waals surface area contributed by atoms with Crippen molar-refractivity contribution in [2.24, 2.45) is 0 Å². The van der Waals surface area contributed by atoms with Gasteiger partial charge in [0, 0.05) is 30.5 Å². The zero-order chi connectivity index (χ0) is 32.5. The van der Waals surface area contributed by atoms with Crippen molar-refractivity contribution in [3.63, 3.8) is 0 Å². The van der Waals surface area contributed by atoms with Gasteiger partial charge in [-0.3, -0.25) is 14.6 Å². The minimum atomic E-state index is -1.83. The van der Waals surface area contributed by atoms with Crippen LogP contribution in [0.4, 0.5) is 0 Å². The van der Waals surface area contributed by atoms with E-state index in [0.29, 0.717) is 13.1 Å². The first kappa shape index (κ1) is 40.9. The predicted octanol–water partition coefficient (Wildman–Crippen LogP) is 7.32. The molecule has 3 N–H and O–H groups in total. The molecule has 0 fully saturated rings. The van der Waals surface area contributed by atoms with Crippen LogP contribution < -0.4 is 5.32 Å². The van der Waals surface area contributed by atoms with E-state index in [1.165, 1.54) is 4.90 Å². The fourth-order valence-electron chi connectivity index (χ4n) is 3.46. The molecule has 0 aliphatic heterocycles. The Morgan fingerprint density at radius 1 is 0.810 bits per heavy atom. The van der Waals surface area contributed by atoms with Gasteiger partial charge in [0.1, 0.15) is 0 Å². The third kappa shape index (κ3) is 15.1. The van der Waals surface area contributed by atoms with Crippen LogP contribution >= 0.6 is 11.6 Å². The summed E-state index contributed by atoms with van der Waals surface area (Å²) in [6.45, 7) is 18.3. The van der Waals surface area contributed by atoms with Crippen molar-refractivity contribution in [3.8, 4) is 11.1 Å². The van der Waals surface area contributed by atoms with Gasteiger partial charge in [0.25, 0.3) is 11.8 Å². The van der Waals surface area contributed by atoms with Gasteiger partial charge in [-0.25, -0.2) is 0 Å². The van der Waals surface area contributed by atoms with Crippen LogP contribution in [0.3, 0.4) is 0 Å². The lowest BCUT2D eigenvalue weighted by molar-refractivity contribution is -0.153. The number of likely N-dealkylation sites (N-methyl/N-ethyl adjacent to an activating group) is 1. The number of aliphatic hydroxyl groups excluding tert-OH is 2. The van der Waals surface area contributed by atoms with E-state index in [1.54, 1.807) is 26.2 Å². The Kier molecular flexibility index (Phi) is 24.8. The average Bonchev–Trinajstić information content (AvgIpc) is 3.06. The zero-order valence-corrected chi connectivity index (χ0v) is 27.6. The summed E-state index contributed by atoms with van der Waals surface area (Å²) in [5, 5.41) is 23.7. The number of rotatable bonds is 9. The lowest BCUT2D eigenvalue weighted by atomic mass is 10.0. The second-order valence-electron chi connectivity index (χ2n) is 8.19. The lowest BCUT2D eigenvalue weighted by Crippen LogP contribution is -2.51. The molecular weight excluding hydrogens is 550 g/mol. The van der Waals surface area contributed by atoms with Crippen LogP contribution in [-0.2, 0) is 9.59 Å². The maximum Gasteiger partial charge on any atom is 0.254 e. The first-order chi connectivity index (χ1) is 20.3. The van der Waals surface area contributed by atoms with Crippen LogP contribution in [0.1, 0.15) is 80.3 Å². The molecule has 3 unspecified atom stereocenters. The number of carbonyl (C=O) groups is 2. The summed E-state index contributed by atoms with van der Waals surface area (Å²) < 4.78 is 0. The largest absolute Gasteiger partial charge is 0.380 e. The second kappa shape index (κ2) is 25.5. The number of amides is 2. The summed E-state index contributed by atoms with van der Waals surface area (Å²) in [6, 6.07) is 20.5. The van der Waals surface area contributed by atoms with Crippen LogP contribution in [0.5, 0.6) is 0 Å². The number of aromatic nitrogens is 1. The Morgan fingerprint density at radius 3 is 1.74 bits per heavy atom. The Balaban J connectivity index is 0. The van der Waals surface area contributed by atoms with Crippen LogP contribution in [0.15, 0.2) is 79.1 Å². The van der Waals surface area contributed by atoms with Gasteiger partial charge in [0.05, 0.1) is 6.04 Å². The van der Waals surface area contributed by atoms with Crippen molar-refractivity contribution in [1.82, 2.24) is 15.2 Å². The normalized spacial score (nSPS) is 11.5. The molecule has 3 atom stereocenters.